The molecular formula is C10H22N2O2Si2. The number of hydrogen-bond acceptors (Lipinski definition) is 4. The maximum Gasteiger partial charge on any atom is 0.243 e. The van der Waals surface area contributed by atoms with Crippen LogP contribution >= 0.6 is 0 Å². The molecule has 0 atom stereocenters. The van der Waals surface area contributed by atoms with Crippen molar-refractivity contribution in [1.29, 1.82) is 0 Å². The topological polar surface area (TPSA) is 43.2 Å². The molecule has 1 rings (SSSR count). The molecule has 0 saturated heterocycles. The molecule has 16 heavy (non-hydrogen) atoms. The van der Waals surface area contributed by atoms with E-state index >= 15 is 0 Å². The largest absolute Gasteiger partial charge is 0.533 e. The van der Waals surface area contributed by atoms with E-state index in [0.29, 0.717) is 13.1 Å². The minimum absolute atomic E-state index is 0.532. The fourth-order valence-electron chi connectivity index (χ4n) is 1.25. The summed E-state index contributed by atoms with van der Waals surface area (Å²) >= 11 is 0. The molecule has 92 valence electrons. The van der Waals surface area contributed by atoms with E-state index in [0.717, 1.165) is 11.8 Å². The maximum absolute atomic E-state index is 5.79. The van der Waals surface area contributed by atoms with Gasteiger partial charge in [-0.15, -0.1) is 0 Å². The van der Waals surface area contributed by atoms with E-state index in [4.69, 9.17) is 8.85 Å². The number of hydrogen-bond donors (Lipinski definition) is 0. The zero-order valence-electron chi connectivity index (χ0n) is 11.1. The molecule has 1 heterocycles. The Morgan fingerprint density at radius 1 is 0.750 bits per heavy atom. The van der Waals surface area contributed by atoms with E-state index < -0.39 is 16.6 Å². The third-order valence-corrected chi connectivity index (χ3v) is 3.33. The molecule has 1 aliphatic rings. The van der Waals surface area contributed by atoms with Gasteiger partial charge in [0.2, 0.25) is 16.6 Å². The highest BCUT2D eigenvalue weighted by Crippen LogP contribution is 2.09. The van der Waals surface area contributed by atoms with Crippen LogP contribution in [0.15, 0.2) is 9.98 Å². The first-order valence-corrected chi connectivity index (χ1v) is 12.4. The molecule has 0 radical (unpaired) electrons. The first-order valence-electron chi connectivity index (χ1n) is 5.60. The summed E-state index contributed by atoms with van der Waals surface area (Å²) in [4.78, 5) is 8.75. The lowest BCUT2D eigenvalue weighted by molar-refractivity contribution is 0.510. The molecule has 0 spiro atoms. The Labute approximate surface area is 100 Å². The SMILES string of the molecule is C[Si](C)(C)OC1=NCC(O[Si](C)(C)C)=NC1. The van der Waals surface area contributed by atoms with Gasteiger partial charge in [0.1, 0.15) is 13.1 Å². The van der Waals surface area contributed by atoms with Gasteiger partial charge in [0.15, 0.2) is 11.8 Å². The van der Waals surface area contributed by atoms with Crippen molar-refractivity contribution < 1.29 is 8.85 Å². The van der Waals surface area contributed by atoms with Crippen molar-refractivity contribution in [2.24, 2.45) is 9.98 Å². The summed E-state index contributed by atoms with van der Waals surface area (Å²) in [5, 5.41) is 0. The van der Waals surface area contributed by atoms with Gasteiger partial charge in [0.05, 0.1) is 0 Å². The minimum Gasteiger partial charge on any atom is -0.533 e. The van der Waals surface area contributed by atoms with Gasteiger partial charge in [0, 0.05) is 0 Å². The van der Waals surface area contributed by atoms with Crippen LogP contribution in [0, 0.1) is 0 Å². The highest BCUT2D eigenvalue weighted by Gasteiger charge is 2.23. The second-order valence-corrected chi connectivity index (χ2v) is 14.7. The van der Waals surface area contributed by atoms with Gasteiger partial charge in [-0.05, 0) is 39.3 Å². The minimum atomic E-state index is -1.55. The molecular weight excluding hydrogens is 236 g/mol. The van der Waals surface area contributed by atoms with Crippen LogP contribution in [-0.4, -0.2) is 41.5 Å². The molecule has 0 fully saturated rings. The second kappa shape index (κ2) is 4.71. The van der Waals surface area contributed by atoms with Crippen LogP contribution in [0.25, 0.3) is 0 Å². The van der Waals surface area contributed by atoms with Crippen LogP contribution in [-0.2, 0) is 8.85 Å². The predicted octanol–water partition coefficient (Wildman–Crippen LogP) is 2.50. The van der Waals surface area contributed by atoms with Crippen molar-refractivity contribution in [1.82, 2.24) is 0 Å². The Kier molecular flexibility index (Phi) is 3.95. The first kappa shape index (κ1) is 13.4. The van der Waals surface area contributed by atoms with Crippen LogP contribution < -0.4 is 0 Å². The lowest BCUT2D eigenvalue weighted by atomic mass is 10.5. The van der Waals surface area contributed by atoms with Gasteiger partial charge in [-0.1, -0.05) is 0 Å². The summed E-state index contributed by atoms with van der Waals surface area (Å²) in [7, 11) is -3.09. The quantitative estimate of drug-likeness (QED) is 0.714. The van der Waals surface area contributed by atoms with Crippen LogP contribution in [0.3, 0.4) is 0 Å². The lowest BCUT2D eigenvalue weighted by Gasteiger charge is -2.24. The summed E-state index contributed by atoms with van der Waals surface area (Å²) in [5.41, 5.74) is 0. The number of aliphatic imine (C=N–C) groups is 2. The Morgan fingerprint density at radius 2 is 1.06 bits per heavy atom. The zero-order valence-corrected chi connectivity index (χ0v) is 13.1. The van der Waals surface area contributed by atoms with Crippen molar-refractivity contribution in [3.63, 3.8) is 0 Å². The van der Waals surface area contributed by atoms with E-state index in [9.17, 15) is 0 Å². The fraction of sp³-hybridized carbons (Fsp3) is 0.800. The Balaban J connectivity index is 2.47. The summed E-state index contributed by atoms with van der Waals surface area (Å²) in [6, 6.07) is 0. The average molecular weight is 258 g/mol. The molecule has 0 N–H and O–H groups in total. The summed E-state index contributed by atoms with van der Waals surface area (Å²) in [6.45, 7) is 13.9. The summed E-state index contributed by atoms with van der Waals surface area (Å²) in [5.74, 6) is 1.53. The fourth-order valence-corrected chi connectivity index (χ4v) is 2.92. The van der Waals surface area contributed by atoms with Gasteiger partial charge in [-0.2, -0.15) is 0 Å². The van der Waals surface area contributed by atoms with Crippen molar-refractivity contribution in [3.8, 4) is 0 Å². The van der Waals surface area contributed by atoms with E-state index in [2.05, 4.69) is 49.3 Å². The zero-order chi connectivity index (χ0) is 12.4. The Bertz CT molecular complexity index is 282. The predicted molar refractivity (Wildman–Crippen MR) is 73.5 cm³/mol. The van der Waals surface area contributed by atoms with Crippen LogP contribution in [0.2, 0.25) is 39.3 Å². The molecule has 0 aromatic heterocycles. The highest BCUT2D eigenvalue weighted by atomic mass is 28.4. The average Bonchev–Trinajstić information content (AvgIpc) is 2.03. The molecule has 4 nitrogen and oxygen atoms in total. The smallest absolute Gasteiger partial charge is 0.243 e. The van der Waals surface area contributed by atoms with Gasteiger partial charge < -0.3 is 8.85 Å². The van der Waals surface area contributed by atoms with Gasteiger partial charge in [-0.25, -0.2) is 9.98 Å². The van der Waals surface area contributed by atoms with E-state index in [1.54, 1.807) is 0 Å². The maximum atomic E-state index is 5.79. The molecule has 0 unspecified atom stereocenters. The molecule has 1 aliphatic heterocycles. The highest BCUT2D eigenvalue weighted by molar-refractivity contribution is 6.71. The van der Waals surface area contributed by atoms with Gasteiger partial charge in [0.25, 0.3) is 0 Å². The van der Waals surface area contributed by atoms with Crippen molar-refractivity contribution in [2.45, 2.75) is 39.3 Å². The normalized spacial score (nSPS) is 17.6. The number of rotatable bonds is 2. The molecule has 0 bridgehead atoms. The van der Waals surface area contributed by atoms with E-state index in [1.165, 1.54) is 0 Å². The van der Waals surface area contributed by atoms with Crippen LogP contribution in [0.4, 0.5) is 0 Å². The van der Waals surface area contributed by atoms with E-state index in [1.807, 2.05) is 0 Å². The van der Waals surface area contributed by atoms with E-state index in [-0.39, 0.29) is 0 Å². The Morgan fingerprint density at radius 3 is 1.25 bits per heavy atom. The van der Waals surface area contributed by atoms with Gasteiger partial charge in [-0.3, -0.25) is 0 Å². The molecule has 0 amide bonds. The molecule has 0 aromatic rings. The van der Waals surface area contributed by atoms with Crippen LogP contribution in [0.5, 0.6) is 0 Å². The van der Waals surface area contributed by atoms with Crippen molar-refractivity contribution >= 4 is 28.4 Å². The third-order valence-electron chi connectivity index (χ3n) is 1.63. The summed E-state index contributed by atoms with van der Waals surface area (Å²) in [6.07, 6.45) is 0. The first-order chi connectivity index (χ1) is 7.16. The van der Waals surface area contributed by atoms with Gasteiger partial charge >= 0.3 is 0 Å². The van der Waals surface area contributed by atoms with Crippen molar-refractivity contribution in [3.05, 3.63) is 0 Å². The lowest BCUT2D eigenvalue weighted by Crippen LogP contribution is -2.35. The molecule has 0 saturated carbocycles. The van der Waals surface area contributed by atoms with Crippen LogP contribution in [0.1, 0.15) is 0 Å². The molecule has 0 aliphatic carbocycles. The summed E-state index contributed by atoms with van der Waals surface area (Å²) < 4.78 is 11.6. The number of nitrogens with zero attached hydrogens (tertiary/aromatic N) is 2. The monoisotopic (exact) mass is 258 g/mol. The molecule has 0 aromatic carbocycles. The Hall–Kier alpha value is -0.626. The standard InChI is InChI=1S/C10H22N2O2Si2/c1-15(2,3)13-9-7-12-10(8-11-9)14-16(4,5)6/h7-8H2,1-6H3. The second-order valence-electron chi connectivity index (χ2n) is 5.85. The molecule has 6 heteroatoms. The van der Waals surface area contributed by atoms with Crippen molar-refractivity contribution in [2.75, 3.05) is 13.1 Å². The third kappa shape index (κ3) is 5.46.